The maximum atomic E-state index is 12.6. The van der Waals surface area contributed by atoms with Crippen molar-refractivity contribution in [3.8, 4) is 0 Å². The summed E-state index contributed by atoms with van der Waals surface area (Å²) in [4.78, 5) is 11.8. The molecule has 110 valence electrons. The fourth-order valence-corrected chi connectivity index (χ4v) is 4.25. The van der Waals surface area contributed by atoms with Gasteiger partial charge in [0.05, 0.1) is 22.5 Å². The summed E-state index contributed by atoms with van der Waals surface area (Å²) in [6.07, 6.45) is 3.87. The van der Waals surface area contributed by atoms with Gasteiger partial charge in [0.2, 0.25) is 0 Å². The van der Waals surface area contributed by atoms with Crippen LogP contribution in [-0.2, 0) is 15.5 Å². The number of carboxylic acid groups (broad SMARTS) is 1. The average Bonchev–Trinajstić information content (AvgIpc) is 2.46. The zero-order valence-corrected chi connectivity index (χ0v) is 12.6. The molecule has 1 aromatic carbocycles. The molecule has 1 saturated carbocycles. The summed E-state index contributed by atoms with van der Waals surface area (Å²) in [6, 6.07) is 5.05. The Labute approximate surface area is 121 Å². The van der Waals surface area contributed by atoms with E-state index >= 15 is 0 Å². The van der Waals surface area contributed by atoms with Crippen LogP contribution in [0.3, 0.4) is 0 Å². The Balaban J connectivity index is 2.20. The molecule has 3 unspecified atom stereocenters. The molecule has 3 atom stereocenters. The number of carboxylic acids is 1. The van der Waals surface area contributed by atoms with Gasteiger partial charge < -0.3 is 9.84 Å². The molecule has 0 heterocycles. The van der Waals surface area contributed by atoms with Crippen molar-refractivity contribution in [3.05, 3.63) is 29.3 Å². The van der Waals surface area contributed by atoms with Crippen LogP contribution in [0.25, 0.3) is 0 Å². The SMILES string of the molecule is COC1CCCC(S(=O)c2ccc(C)c(C(=O)O)c2)C1. The van der Waals surface area contributed by atoms with E-state index < -0.39 is 16.8 Å². The molecule has 0 aliphatic heterocycles. The van der Waals surface area contributed by atoms with Crippen molar-refractivity contribution in [1.29, 1.82) is 0 Å². The van der Waals surface area contributed by atoms with Crippen LogP contribution in [0.5, 0.6) is 0 Å². The first-order chi connectivity index (χ1) is 9.52. The van der Waals surface area contributed by atoms with E-state index in [0.29, 0.717) is 10.5 Å². The number of methoxy groups -OCH3 is 1. The second-order valence-corrected chi connectivity index (χ2v) is 6.96. The topological polar surface area (TPSA) is 63.6 Å². The monoisotopic (exact) mass is 296 g/mol. The summed E-state index contributed by atoms with van der Waals surface area (Å²) in [7, 11) is 0.514. The number of ether oxygens (including phenoxy) is 1. The molecule has 0 amide bonds. The number of hydrogen-bond acceptors (Lipinski definition) is 3. The lowest BCUT2D eigenvalue weighted by Crippen LogP contribution is -2.28. The molecule has 1 N–H and O–H groups in total. The van der Waals surface area contributed by atoms with Crippen molar-refractivity contribution in [2.45, 2.75) is 48.9 Å². The smallest absolute Gasteiger partial charge is 0.335 e. The molecule has 4 nitrogen and oxygen atoms in total. The van der Waals surface area contributed by atoms with E-state index in [0.717, 1.165) is 25.7 Å². The minimum absolute atomic E-state index is 0.0538. The van der Waals surface area contributed by atoms with Gasteiger partial charge in [0.1, 0.15) is 0 Å². The normalized spacial score (nSPS) is 24.3. The Morgan fingerprint density at radius 3 is 2.80 bits per heavy atom. The molecular formula is C15H20O4S. The van der Waals surface area contributed by atoms with Gasteiger partial charge in [-0.05, 0) is 50.3 Å². The molecule has 5 heteroatoms. The second-order valence-electron chi connectivity index (χ2n) is 5.23. The van der Waals surface area contributed by atoms with Gasteiger partial charge in [-0.25, -0.2) is 4.79 Å². The highest BCUT2D eigenvalue weighted by atomic mass is 32.2. The molecule has 1 fully saturated rings. The van der Waals surface area contributed by atoms with Gasteiger partial charge in [-0.1, -0.05) is 6.07 Å². The third-order valence-electron chi connectivity index (χ3n) is 3.89. The summed E-state index contributed by atoms with van der Waals surface area (Å²) in [5.41, 5.74) is 0.923. The van der Waals surface area contributed by atoms with Crippen molar-refractivity contribution < 1.29 is 18.8 Å². The molecule has 1 aliphatic rings. The first kappa shape index (κ1) is 15.2. The van der Waals surface area contributed by atoms with Crippen LogP contribution >= 0.6 is 0 Å². The number of aromatic carboxylic acids is 1. The molecule has 2 rings (SSSR count). The minimum atomic E-state index is -1.17. The maximum absolute atomic E-state index is 12.6. The van der Waals surface area contributed by atoms with Gasteiger partial charge in [0, 0.05) is 17.3 Å². The number of carbonyl (C=O) groups is 1. The summed E-state index contributed by atoms with van der Waals surface area (Å²) >= 11 is 0. The number of benzene rings is 1. The highest BCUT2D eigenvalue weighted by Crippen LogP contribution is 2.28. The van der Waals surface area contributed by atoms with Gasteiger partial charge in [0.15, 0.2) is 0 Å². The molecule has 0 saturated heterocycles. The van der Waals surface area contributed by atoms with Crippen molar-refractivity contribution in [1.82, 2.24) is 0 Å². The lowest BCUT2D eigenvalue weighted by atomic mass is 9.97. The Kier molecular flexibility index (Phi) is 4.94. The van der Waals surface area contributed by atoms with Crippen LogP contribution < -0.4 is 0 Å². The summed E-state index contributed by atoms with van der Waals surface area (Å²) < 4.78 is 18.0. The second kappa shape index (κ2) is 6.50. The quantitative estimate of drug-likeness (QED) is 0.928. The number of hydrogen-bond donors (Lipinski definition) is 1. The summed E-state index contributed by atoms with van der Waals surface area (Å²) in [5, 5.41) is 9.20. The lowest BCUT2D eigenvalue weighted by molar-refractivity contribution is 0.0695. The van der Waals surface area contributed by atoms with Crippen LogP contribution in [-0.4, -0.2) is 33.7 Å². The first-order valence-corrected chi connectivity index (χ1v) is 8.01. The Bertz CT molecular complexity index is 527. The molecule has 0 spiro atoms. The van der Waals surface area contributed by atoms with Crippen molar-refractivity contribution in [2.75, 3.05) is 7.11 Å². The van der Waals surface area contributed by atoms with Crippen molar-refractivity contribution >= 4 is 16.8 Å². The van der Waals surface area contributed by atoms with Crippen LogP contribution in [0.1, 0.15) is 41.6 Å². The number of rotatable bonds is 4. The molecule has 1 aromatic rings. The fraction of sp³-hybridized carbons (Fsp3) is 0.533. The van der Waals surface area contributed by atoms with Crippen LogP contribution in [0.15, 0.2) is 23.1 Å². The van der Waals surface area contributed by atoms with Gasteiger partial charge >= 0.3 is 5.97 Å². The highest BCUT2D eigenvalue weighted by molar-refractivity contribution is 7.85. The molecule has 0 aromatic heterocycles. The Hall–Kier alpha value is -1.20. The van der Waals surface area contributed by atoms with Crippen LogP contribution in [0.2, 0.25) is 0 Å². The van der Waals surface area contributed by atoms with Crippen molar-refractivity contribution in [2.24, 2.45) is 0 Å². The van der Waals surface area contributed by atoms with E-state index in [1.807, 2.05) is 0 Å². The average molecular weight is 296 g/mol. The summed E-state index contributed by atoms with van der Waals surface area (Å²) in [6.45, 7) is 1.75. The van der Waals surface area contributed by atoms with E-state index in [2.05, 4.69) is 0 Å². The van der Waals surface area contributed by atoms with E-state index in [1.165, 1.54) is 0 Å². The van der Waals surface area contributed by atoms with Gasteiger partial charge in [-0.3, -0.25) is 4.21 Å². The predicted octanol–water partition coefficient (Wildman–Crippen LogP) is 2.76. The maximum Gasteiger partial charge on any atom is 0.335 e. The predicted molar refractivity (Wildman–Crippen MR) is 77.6 cm³/mol. The third kappa shape index (κ3) is 3.27. The molecule has 0 radical (unpaired) electrons. The van der Waals surface area contributed by atoms with Crippen LogP contribution in [0.4, 0.5) is 0 Å². The summed E-state index contributed by atoms with van der Waals surface area (Å²) in [5.74, 6) is -0.972. The molecule has 1 aliphatic carbocycles. The number of aryl methyl sites for hydroxylation is 1. The Morgan fingerprint density at radius 2 is 2.15 bits per heavy atom. The largest absolute Gasteiger partial charge is 0.478 e. The first-order valence-electron chi connectivity index (χ1n) is 6.80. The molecule has 20 heavy (non-hydrogen) atoms. The fourth-order valence-electron chi connectivity index (χ4n) is 2.66. The highest BCUT2D eigenvalue weighted by Gasteiger charge is 2.27. The zero-order valence-electron chi connectivity index (χ0n) is 11.8. The Morgan fingerprint density at radius 1 is 1.40 bits per heavy atom. The van der Waals surface area contributed by atoms with E-state index in [9.17, 15) is 9.00 Å². The zero-order chi connectivity index (χ0) is 14.7. The van der Waals surface area contributed by atoms with Crippen molar-refractivity contribution in [3.63, 3.8) is 0 Å². The third-order valence-corrected chi connectivity index (χ3v) is 5.64. The van der Waals surface area contributed by atoms with E-state index in [4.69, 9.17) is 9.84 Å². The molecular weight excluding hydrogens is 276 g/mol. The van der Waals surface area contributed by atoms with Gasteiger partial charge in [-0.2, -0.15) is 0 Å². The standard InChI is InChI=1S/C15H20O4S/c1-10-6-7-13(9-14(10)15(16)17)20(18)12-5-3-4-11(8-12)19-2/h6-7,9,11-12H,3-5,8H2,1-2H3,(H,16,17). The van der Waals surface area contributed by atoms with Crippen LogP contribution in [0, 0.1) is 6.92 Å². The lowest BCUT2D eigenvalue weighted by Gasteiger charge is -2.27. The van der Waals surface area contributed by atoms with E-state index in [-0.39, 0.29) is 16.9 Å². The van der Waals surface area contributed by atoms with Gasteiger partial charge in [0.25, 0.3) is 0 Å². The van der Waals surface area contributed by atoms with E-state index in [1.54, 1.807) is 32.2 Å². The van der Waals surface area contributed by atoms with Gasteiger partial charge in [-0.15, -0.1) is 0 Å². The minimum Gasteiger partial charge on any atom is -0.478 e. The molecule has 0 bridgehead atoms.